The third-order valence-electron chi connectivity index (χ3n) is 4.70. The number of nitrogens with one attached hydrogen (secondary N) is 2. The number of hydrogen-bond acceptors (Lipinski definition) is 1. The Morgan fingerprint density at radius 2 is 1.04 bits per heavy atom. The number of rotatable bonds is 3. The van der Waals surface area contributed by atoms with Crippen LogP contribution < -0.4 is 0 Å². The van der Waals surface area contributed by atoms with Crippen LogP contribution in [0.5, 0.6) is 0 Å². The highest BCUT2D eigenvalue weighted by Crippen LogP contribution is 2.41. The summed E-state index contributed by atoms with van der Waals surface area (Å²) in [4.78, 5) is 3.53. The van der Waals surface area contributed by atoms with Crippen LogP contribution in [0.3, 0.4) is 0 Å². The summed E-state index contributed by atoms with van der Waals surface area (Å²) in [6.07, 6.45) is 0. The van der Waals surface area contributed by atoms with Gasteiger partial charge in [-0.15, -0.1) is 0 Å². The molecule has 0 saturated heterocycles. The Morgan fingerprint density at radius 1 is 0.538 bits per heavy atom. The Morgan fingerprint density at radius 3 is 1.62 bits per heavy atom. The van der Waals surface area contributed by atoms with Crippen LogP contribution in [0.4, 0.5) is 0 Å². The molecule has 0 aliphatic heterocycles. The van der Waals surface area contributed by atoms with Crippen LogP contribution in [-0.2, 0) is 0 Å². The first-order valence-corrected chi connectivity index (χ1v) is 8.68. The van der Waals surface area contributed by atoms with Gasteiger partial charge < -0.3 is 4.98 Å². The van der Waals surface area contributed by atoms with E-state index in [1.165, 1.54) is 11.1 Å². The maximum absolute atomic E-state index is 4.55. The molecule has 0 saturated carbocycles. The van der Waals surface area contributed by atoms with Crippen molar-refractivity contribution >= 4 is 11.0 Å². The standard InChI is InChI=1S/C23H17N3/c1-4-10-16(11-5-1)19-20-22(18-14-8-3-9-15-18)25-26-23(20)24-21(19)17-12-6-2-7-13-17/h1-15H,(H2,24,25,26). The van der Waals surface area contributed by atoms with Crippen molar-refractivity contribution in [1.82, 2.24) is 15.2 Å². The van der Waals surface area contributed by atoms with E-state index in [2.05, 4.69) is 88.0 Å². The Balaban J connectivity index is 1.86. The fourth-order valence-corrected chi connectivity index (χ4v) is 3.51. The van der Waals surface area contributed by atoms with Gasteiger partial charge in [0.05, 0.1) is 16.8 Å². The van der Waals surface area contributed by atoms with Gasteiger partial charge in [-0.2, -0.15) is 5.10 Å². The Labute approximate surface area is 151 Å². The molecule has 2 aromatic heterocycles. The zero-order valence-corrected chi connectivity index (χ0v) is 14.1. The van der Waals surface area contributed by atoms with Crippen molar-refractivity contribution in [3.63, 3.8) is 0 Å². The van der Waals surface area contributed by atoms with Crippen molar-refractivity contribution in [1.29, 1.82) is 0 Å². The average molecular weight is 335 g/mol. The largest absolute Gasteiger partial charge is 0.337 e. The monoisotopic (exact) mass is 335 g/mol. The molecule has 0 aliphatic carbocycles. The maximum Gasteiger partial charge on any atom is 0.160 e. The lowest BCUT2D eigenvalue weighted by Gasteiger charge is -2.07. The molecule has 5 aromatic rings. The minimum absolute atomic E-state index is 0.876. The van der Waals surface area contributed by atoms with Crippen LogP contribution in [0.25, 0.3) is 44.7 Å². The number of aromatic nitrogens is 3. The summed E-state index contributed by atoms with van der Waals surface area (Å²) in [6.45, 7) is 0. The molecule has 3 heteroatoms. The predicted octanol–water partition coefficient (Wildman–Crippen LogP) is 5.89. The number of aromatic amines is 2. The molecule has 124 valence electrons. The summed E-state index contributed by atoms with van der Waals surface area (Å²) in [5.74, 6) is 0. The molecule has 0 atom stereocenters. The molecule has 0 amide bonds. The van der Waals surface area contributed by atoms with Crippen molar-refractivity contribution in [3.05, 3.63) is 91.0 Å². The molecular formula is C23H17N3. The van der Waals surface area contributed by atoms with Gasteiger partial charge in [-0.05, 0) is 11.1 Å². The van der Waals surface area contributed by atoms with Crippen molar-refractivity contribution in [3.8, 4) is 33.6 Å². The van der Waals surface area contributed by atoms with Gasteiger partial charge in [-0.1, -0.05) is 91.0 Å². The highest BCUT2D eigenvalue weighted by Gasteiger charge is 2.20. The quantitative estimate of drug-likeness (QED) is 0.424. The van der Waals surface area contributed by atoms with Crippen LogP contribution >= 0.6 is 0 Å². The van der Waals surface area contributed by atoms with Crippen LogP contribution in [0.2, 0.25) is 0 Å². The molecule has 0 bridgehead atoms. The van der Waals surface area contributed by atoms with Crippen LogP contribution in [0.1, 0.15) is 0 Å². The maximum atomic E-state index is 4.55. The molecule has 0 aliphatic rings. The van der Waals surface area contributed by atoms with Gasteiger partial charge in [0.15, 0.2) is 5.65 Å². The molecule has 2 heterocycles. The first kappa shape index (κ1) is 14.7. The fourth-order valence-electron chi connectivity index (χ4n) is 3.51. The topological polar surface area (TPSA) is 44.5 Å². The van der Waals surface area contributed by atoms with Gasteiger partial charge in [0.2, 0.25) is 0 Å². The van der Waals surface area contributed by atoms with Crippen LogP contribution in [0, 0.1) is 0 Å². The highest BCUT2D eigenvalue weighted by atomic mass is 15.2. The normalized spacial score (nSPS) is 11.1. The second kappa shape index (κ2) is 6.05. The number of H-pyrrole nitrogens is 2. The zero-order valence-electron chi connectivity index (χ0n) is 14.1. The summed E-state index contributed by atoms with van der Waals surface area (Å²) >= 11 is 0. The predicted molar refractivity (Wildman–Crippen MR) is 107 cm³/mol. The van der Waals surface area contributed by atoms with Gasteiger partial charge in [-0.25, -0.2) is 0 Å². The SMILES string of the molecule is c1ccc(-c2[nH]c3n[nH]c(-c4ccccc4)c3c2-c2ccccc2)cc1. The summed E-state index contributed by atoms with van der Waals surface area (Å²) in [5, 5.41) is 8.89. The molecule has 0 spiro atoms. The van der Waals surface area contributed by atoms with E-state index in [0.717, 1.165) is 33.5 Å². The number of benzene rings is 3. The van der Waals surface area contributed by atoms with Gasteiger partial charge in [-0.3, -0.25) is 5.10 Å². The van der Waals surface area contributed by atoms with Crippen LogP contribution in [0.15, 0.2) is 91.0 Å². The molecular weight excluding hydrogens is 318 g/mol. The summed E-state index contributed by atoms with van der Waals surface area (Å²) < 4.78 is 0. The second-order valence-corrected chi connectivity index (χ2v) is 6.30. The van der Waals surface area contributed by atoms with Crippen LogP contribution in [-0.4, -0.2) is 15.2 Å². The van der Waals surface area contributed by atoms with Gasteiger partial charge >= 0.3 is 0 Å². The minimum atomic E-state index is 0.876. The fraction of sp³-hybridized carbons (Fsp3) is 0. The van der Waals surface area contributed by atoms with E-state index >= 15 is 0 Å². The summed E-state index contributed by atoms with van der Waals surface area (Å²) in [5.41, 5.74) is 7.66. The zero-order chi connectivity index (χ0) is 17.3. The van der Waals surface area contributed by atoms with Gasteiger partial charge in [0.1, 0.15) is 0 Å². The van der Waals surface area contributed by atoms with Crippen molar-refractivity contribution in [2.75, 3.05) is 0 Å². The van der Waals surface area contributed by atoms with E-state index in [-0.39, 0.29) is 0 Å². The number of nitrogens with zero attached hydrogens (tertiary/aromatic N) is 1. The third-order valence-corrected chi connectivity index (χ3v) is 4.70. The van der Waals surface area contributed by atoms with E-state index in [1.54, 1.807) is 0 Å². The lowest BCUT2D eigenvalue weighted by Crippen LogP contribution is -1.85. The summed E-state index contributed by atoms with van der Waals surface area (Å²) in [6, 6.07) is 31.3. The van der Waals surface area contributed by atoms with Crippen molar-refractivity contribution in [2.24, 2.45) is 0 Å². The smallest absolute Gasteiger partial charge is 0.160 e. The Bertz CT molecular complexity index is 1150. The Kier molecular flexibility index (Phi) is 3.42. The van der Waals surface area contributed by atoms with E-state index in [0.29, 0.717) is 0 Å². The lowest BCUT2D eigenvalue weighted by molar-refractivity contribution is 1.10. The van der Waals surface area contributed by atoms with Crippen molar-refractivity contribution in [2.45, 2.75) is 0 Å². The van der Waals surface area contributed by atoms with Gasteiger partial charge in [0.25, 0.3) is 0 Å². The molecule has 26 heavy (non-hydrogen) atoms. The lowest BCUT2D eigenvalue weighted by atomic mass is 9.97. The van der Waals surface area contributed by atoms with E-state index in [1.807, 2.05) is 18.2 Å². The molecule has 5 rings (SSSR count). The second-order valence-electron chi connectivity index (χ2n) is 6.30. The van der Waals surface area contributed by atoms with Gasteiger partial charge in [0, 0.05) is 11.1 Å². The number of fused-ring (bicyclic) bond motifs is 1. The molecule has 3 nitrogen and oxygen atoms in total. The molecule has 0 fully saturated rings. The van der Waals surface area contributed by atoms with E-state index < -0.39 is 0 Å². The molecule has 3 aromatic carbocycles. The molecule has 2 N–H and O–H groups in total. The first-order chi connectivity index (χ1) is 12.9. The van der Waals surface area contributed by atoms with Crippen molar-refractivity contribution < 1.29 is 0 Å². The van der Waals surface area contributed by atoms with E-state index in [9.17, 15) is 0 Å². The molecule has 0 radical (unpaired) electrons. The average Bonchev–Trinajstić information content (AvgIpc) is 3.29. The highest BCUT2D eigenvalue weighted by molar-refractivity contribution is 6.09. The number of hydrogen-bond donors (Lipinski definition) is 2. The first-order valence-electron chi connectivity index (χ1n) is 8.68. The third kappa shape index (κ3) is 2.33. The minimum Gasteiger partial charge on any atom is -0.337 e. The summed E-state index contributed by atoms with van der Waals surface area (Å²) in [7, 11) is 0. The molecule has 0 unspecified atom stereocenters. The Hall–Kier alpha value is -3.59. The van der Waals surface area contributed by atoms with E-state index in [4.69, 9.17) is 0 Å².